The maximum absolute atomic E-state index is 5.70. The van der Waals surface area contributed by atoms with Crippen LogP contribution in [0.2, 0.25) is 0 Å². The van der Waals surface area contributed by atoms with E-state index in [1.165, 1.54) is 11.1 Å². The fourth-order valence-corrected chi connectivity index (χ4v) is 4.30. The van der Waals surface area contributed by atoms with Crippen molar-refractivity contribution in [3.8, 4) is 17.2 Å². The zero-order valence-corrected chi connectivity index (χ0v) is 19.2. The molecule has 0 saturated carbocycles. The van der Waals surface area contributed by atoms with E-state index in [0.717, 1.165) is 62.4 Å². The number of fused-ring (bicyclic) bond motifs is 1. The monoisotopic (exact) mass is 439 g/mol. The molecule has 1 N–H and O–H groups in total. The highest BCUT2D eigenvalue weighted by molar-refractivity contribution is 5.79. The Morgan fingerprint density at radius 2 is 1.84 bits per heavy atom. The van der Waals surface area contributed by atoms with Crippen LogP contribution in [0.1, 0.15) is 30.9 Å². The van der Waals surface area contributed by atoms with Gasteiger partial charge < -0.3 is 29.2 Å². The summed E-state index contributed by atoms with van der Waals surface area (Å²) in [4.78, 5) is 7.25. The molecule has 2 heterocycles. The smallest absolute Gasteiger partial charge is 0.231 e. The first-order valence-corrected chi connectivity index (χ1v) is 11.2. The molecule has 0 aliphatic carbocycles. The molecule has 32 heavy (non-hydrogen) atoms. The van der Waals surface area contributed by atoms with Crippen molar-refractivity contribution in [2.24, 2.45) is 4.99 Å². The minimum Gasteiger partial charge on any atom is -0.497 e. The Balaban J connectivity index is 1.54. The third-order valence-electron chi connectivity index (χ3n) is 6.24. The van der Waals surface area contributed by atoms with Crippen LogP contribution in [0.3, 0.4) is 0 Å². The van der Waals surface area contributed by atoms with E-state index in [4.69, 9.17) is 23.9 Å². The molecule has 172 valence electrons. The van der Waals surface area contributed by atoms with Gasteiger partial charge in [0, 0.05) is 38.8 Å². The maximum Gasteiger partial charge on any atom is 0.231 e. The highest BCUT2D eigenvalue weighted by Gasteiger charge is 2.36. The number of nitrogens with zero attached hydrogens (tertiary/aromatic N) is 2. The zero-order valence-electron chi connectivity index (χ0n) is 19.2. The molecule has 7 nitrogen and oxygen atoms in total. The van der Waals surface area contributed by atoms with Gasteiger partial charge in [0.1, 0.15) is 5.75 Å². The average Bonchev–Trinajstić information content (AvgIpc) is 3.31. The van der Waals surface area contributed by atoms with E-state index in [2.05, 4.69) is 48.5 Å². The first kappa shape index (κ1) is 22.3. The predicted molar refractivity (Wildman–Crippen MR) is 125 cm³/mol. The van der Waals surface area contributed by atoms with Gasteiger partial charge in [0.15, 0.2) is 17.5 Å². The minimum absolute atomic E-state index is 0.0825. The van der Waals surface area contributed by atoms with E-state index < -0.39 is 0 Å². The van der Waals surface area contributed by atoms with Gasteiger partial charge >= 0.3 is 0 Å². The van der Waals surface area contributed by atoms with E-state index in [1.807, 2.05) is 18.2 Å². The minimum atomic E-state index is -0.0825. The van der Waals surface area contributed by atoms with Crippen molar-refractivity contribution in [1.82, 2.24) is 10.2 Å². The Morgan fingerprint density at radius 3 is 2.56 bits per heavy atom. The molecule has 0 bridgehead atoms. The maximum atomic E-state index is 5.70. The van der Waals surface area contributed by atoms with Crippen molar-refractivity contribution >= 4 is 5.96 Å². The van der Waals surface area contributed by atoms with Crippen molar-refractivity contribution in [3.05, 3.63) is 53.6 Å². The Labute approximate surface area is 190 Å². The molecule has 2 aliphatic rings. The summed E-state index contributed by atoms with van der Waals surface area (Å²) in [5.74, 6) is 3.39. The molecule has 0 amide bonds. The summed E-state index contributed by atoms with van der Waals surface area (Å²) < 4.78 is 22.1. The predicted octanol–water partition coefficient (Wildman–Crippen LogP) is 3.57. The summed E-state index contributed by atoms with van der Waals surface area (Å²) in [6.45, 7) is 6.12. The Kier molecular flexibility index (Phi) is 7.05. The van der Waals surface area contributed by atoms with E-state index >= 15 is 0 Å². The summed E-state index contributed by atoms with van der Waals surface area (Å²) in [6.07, 6.45) is 1.86. The van der Waals surface area contributed by atoms with Crippen molar-refractivity contribution in [3.63, 3.8) is 0 Å². The van der Waals surface area contributed by atoms with Crippen LogP contribution in [-0.2, 0) is 16.7 Å². The highest BCUT2D eigenvalue weighted by Crippen LogP contribution is 2.41. The Bertz CT molecular complexity index is 923. The molecule has 0 radical (unpaired) electrons. The lowest BCUT2D eigenvalue weighted by molar-refractivity contribution is 0.0529. The van der Waals surface area contributed by atoms with Gasteiger partial charge in [0.05, 0.1) is 13.7 Å². The summed E-state index contributed by atoms with van der Waals surface area (Å²) in [7, 11) is 3.76. The number of nitrogens with one attached hydrogen (secondary N) is 1. The van der Waals surface area contributed by atoms with Crippen LogP contribution in [0.4, 0.5) is 0 Å². The molecule has 0 atom stereocenters. The first-order chi connectivity index (χ1) is 15.6. The van der Waals surface area contributed by atoms with Gasteiger partial charge in [-0.15, -0.1) is 0 Å². The summed E-state index contributed by atoms with van der Waals surface area (Å²) >= 11 is 0. The van der Waals surface area contributed by atoms with Gasteiger partial charge in [-0.1, -0.05) is 18.2 Å². The summed E-state index contributed by atoms with van der Waals surface area (Å²) in [5.41, 5.74) is 2.36. The molecular formula is C25H33N3O4. The molecule has 2 aromatic rings. The van der Waals surface area contributed by atoms with Crippen LogP contribution in [-0.4, -0.2) is 58.1 Å². The van der Waals surface area contributed by atoms with Crippen molar-refractivity contribution in [1.29, 1.82) is 0 Å². The molecule has 4 rings (SSSR count). The number of guanidine groups is 1. The standard InChI is InChI=1S/C25H33N3O4/c1-4-26-24(28(2)16-19-5-8-21(29-3)9-6-19)27-17-25(11-13-30-14-12-25)20-7-10-22-23(15-20)32-18-31-22/h5-10,15H,4,11-14,16-18H2,1-3H3,(H,26,27). The lowest BCUT2D eigenvalue weighted by atomic mass is 9.74. The van der Waals surface area contributed by atoms with Crippen LogP contribution < -0.4 is 19.5 Å². The molecule has 0 aromatic heterocycles. The third kappa shape index (κ3) is 4.93. The fourth-order valence-electron chi connectivity index (χ4n) is 4.30. The number of hydrogen-bond acceptors (Lipinski definition) is 5. The van der Waals surface area contributed by atoms with Gasteiger partial charge in [-0.3, -0.25) is 4.99 Å². The number of aliphatic imine (C=N–C) groups is 1. The number of ether oxygens (including phenoxy) is 4. The second-order valence-electron chi connectivity index (χ2n) is 8.34. The lowest BCUT2D eigenvalue weighted by Gasteiger charge is -2.37. The van der Waals surface area contributed by atoms with Gasteiger partial charge in [-0.2, -0.15) is 0 Å². The zero-order chi connectivity index (χ0) is 22.4. The van der Waals surface area contributed by atoms with Gasteiger partial charge in [0.2, 0.25) is 6.79 Å². The molecule has 1 fully saturated rings. The van der Waals surface area contributed by atoms with Crippen LogP contribution in [0.5, 0.6) is 17.2 Å². The second-order valence-corrected chi connectivity index (χ2v) is 8.34. The van der Waals surface area contributed by atoms with Gasteiger partial charge in [0.25, 0.3) is 0 Å². The Hall–Kier alpha value is -2.93. The molecule has 2 aliphatic heterocycles. The third-order valence-corrected chi connectivity index (χ3v) is 6.24. The van der Waals surface area contributed by atoms with E-state index in [0.29, 0.717) is 6.54 Å². The Morgan fingerprint density at radius 1 is 1.09 bits per heavy atom. The quantitative estimate of drug-likeness (QED) is 0.526. The molecule has 1 saturated heterocycles. The van der Waals surface area contributed by atoms with Crippen molar-refractivity contribution in [2.45, 2.75) is 31.7 Å². The van der Waals surface area contributed by atoms with Crippen LogP contribution in [0, 0.1) is 0 Å². The second kappa shape index (κ2) is 10.1. The molecule has 0 unspecified atom stereocenters. The van der Waals surface area contributed by atoms with Crippen molar-refractivity contribution < 1.29 is 18.9 Å². The van der Waals surface area contributed by atoms with Gasteiger partial charge in [-0.05, 0) is 55.2 Å². The van der Waals surface area contributed by atoms with Crippen molar-refractivity contribution in [2.75, 3.05) is 47.3 Å². The number of benzene rings is 2. The normalized spacial score (nSPS) is 17.2. The number of rotatable bonds is 7. The summed E-state index contributed by atoms with van der Waals surface area (Å²) in [5, 5.41) is 3.45. The molecule has 2 aromatic carbocycles. The largest absolute Gasteiger partial charge is 0.497 e. The van der Waals surface area contributed by atoms with E-state index in [9.17, 15) is 0 Å². The summed E-state index contributed by atoms with van der Waals surface area (Å²) in [6, 6.07) is 14.4. The molecule has 0 spiro atoms. The van der Waals surface area contributed by atoms with E-state index in [1.54, 1.807) is 7.11 Å². The lowest BCUT2D eigenvalue weighted by Crippen LogP contribution is -2.41. The van der Waals surface area contributed by atoms with Crippen LogP contribution in [0.25, 0.3) is 0 Å². The molecular weight excluding hydrogens is 406 g/mol. The first-order valence-electron chi connectivity index (χ1n) is 11.2. The van der Waals surface area contributed by atoms with Crippen LogP contribution >= 0.6 is 0 Å². The average molecular weight is 440 g/mol. The molecule has 7 heteroatoms. The topological polar surface area (TPSA) is 64.6 Å². The number of hydrogen-bond donors (Lipinski definition) is 1. The SMILES string of the molecule is CCNC(=NCC1(c2ccc3c(c2)OCO3)CCOCC1)N(C)Cc1ccc(OC)cc1. The number of methoxy groups -OCH3 is 1. The van der Waals surface area contributed by atoms with Crippen LogP contribution in [0.15, 0.2) is 47.5 Å². The van der Waals surface area contributed by atoms with E-state index in [-0.39, 0.29) is 12.2 Å². The fraction of sp³-hybridized carbons (Fsp3) is 0.480. The van der Waals surface area contributed by atoms with Gasteiger partial charge in [-0.25, -0.2) is 0 Å². The highest BCUT2D eigenvalue weighted by atomic mass is 16.7.